The number of hydrogen-bond donors (Lipinski definition) is 1. The Labute approximate surface area is 119 Å². The normalized spacial score (nSPS) is 17.2. The average Bonchev–Trinajstić information content (AvgIpc) is 2.38. The van der Waals surface area contributed by atoms with E-state index >= 15 is 0 Å². The van der Waals surface area contributed by atoms with E-state index in [0.29, 0.717) is 0 Å². The summed E-state index contributed by atoms with van der Waals surface area (Å²) in [5.74, 6) is 0.993. The minimum absolute atomic E-state index is 0.993. The first-order valence-corrected chi connectivity index (χ1v) is 7.87. The van der Waals surface area contributed by atoms with E-state index in [1.165, 1.54) is 54.2 Å². The largest absolute Gasteiger partial charge is 0.313 e. The Morgan fingerprint density at radius 1 is 1.06 bits per heavy atom. The molecule has 17 heavy (non-hydrogen) atoms. The molecule has 0 bridgehead atoms. The summed E-state index contributed by atoms with van der Waals surface area (Å²) in [7, 11) is 0. The van der Waals surface area contributed by atoms with Gasteiger partial charge in [0.05, 0.1) is 0 Å². The molecule has 1 aliphatic rings. The summed E-state index contributed by atoms with van der Waals surface area (Å²) in [5.41, 5.74) is 1.40. The lowest BCUT2D eigenvalue weighted by Gasteiger charge is -2.21. The highest BCUT2D eigenvalue weighted by atomic mass is 127. The van der Waals surface area contributed by atoms with Crippen molar-refractivity contribution in [2.75, 3.05) is 6.54 Å². The van der Waals surface area contributed by atoms with Crippen LogP contribution in [0.25, 0.3) is 0 Å². The molecule has 2 heteroatoms. The first-order chi connectivity index (χ1) is 8.34. The molecule has 0 aromatic heterocycles. The highest BCUT2D eigenvalue weighted by Gasteiger charge is 2.12. The van der Waals surface area contributed by atoms with Crippen LogP contribution in [0.5, 0.6) is 0 Å². The maximum atomic E-state index is 3.57. The third-order valence-electron chi connectivity index (χ3n) is 3.70. The van der Waals surface area contributed by atoms with E-state index < -0.39 is 0 Å². The van der Waals surface area contributed by atoms with Gasteiger partial charge >= 0.3 is 0 Å². The third kappa shape index (κ3) is 4.96. The van der Waals surface area contributed by atoms with Gasteiger partial charge in [-0.1, -0.05) is 44.2 Å². The van der Waals surface area contributed by atoms with E-state index in [4.69, 9.17) is 0 Å². The maximum Gasteiger partial charge on any atom is 0.0205 e. The predicted octanol–water partition coefficient (Wildman–Crippen LogP) is 4.35. The van der Waals surface area contributed by atoms with E-state index in [1.54, 1.807) is 0 Å². The molecule has 1 N–H and O–H groups in total. The van der Waals surface area contributed by atoms with E-state index in [1.807, 2.05) is 0 Å². The minimum atomic E-state index is 0.993. The number of benzene rings is 1. The van der Waals surface area contributed by atoms with Crippen LogP contribution in [0.4, 0.5) is 0 Å². The van der Waals surface area contributed by atoms with Crippen LogP contribution in [0.2, 0.25) is 0 Å². The monoisotopic (exact) mass is 343 g/mol. The van der Waals surface area contributed by atoms with Crippen LogP contribution in [0.1, 0.15) is 44.1 Å². The van der Waals surface area contributed by atoms with Crippen molar-refractivity contribution in [3.63, 3.8) is 0 Å². The molecule has 0 amide bonds. The van der Waals surface area contributed by atoms with Gasteiger partial charge in [0.15, 0.2) is 0 Å². The molecule has 1 saturated carbocycles. The molecular weight excluding hydrogens is 321 g/mol. The molecule has 94 valence electrons. The molecule has 1 aromatic rings. The lowest BCUT2D eigenvalue weighted by Crippen LogP contribution is -2.19. The van der Waals surface area contributed by atoms with Gasteiger partial charge in [-0.25, -0.2) is 0 Å². The second kappa shape index (κ2) is 7.37. The van der Waals surface area contributed by atoms with Crippen molar-refractivity contribution in [3.8, 4) is 0 Å². The maximum absolute atomic E-state index is 3.57. The molecule has 0 unspecified atom stereocenters. The van der Waals surface area contributed by atoms with E-state index in [0.717, 1.165) is 12.5 Å². The highest BCUT2D eigenvalue weighted by Crippen LogP contribution is 2.25. The van der Waals surface area contributed by atoms with Crippen LogP contribution in [-0.2, 0) is 6.54 Å². The molecule has 1 nitrogen and oxygen atoms in total. The van der Waals surface area contributed by atoms with Crippen LogP contribution >= 0.6 is 22.6 Å². The summed E-state index contributed by atoms with van der Waals surface area (Å²) in [6.07, 6.45) is 8.68. The molecule has 0 saturated heterocycles. The second-order valence-electron chi connectivity index (χ2n) is 5.10. The first kappa shape index (κ1) is 13.3. The van der Waals surface area contributed by atoms with E-state index in [-0.39, 0.29) is 0 Å². The van der Waals surface area contributed by atoms with Crippen molar-refractivity contribution in [1.29, 1.82) is 0 Å². The molecule has 1 aromatic carbocycles. The molecule has 0 spiro atoms. The SMILES string of the molecule is Ic1ccc(CNCCC2CCCCC2)cc1. The Balaban J connectivity index is 1.60. The zero-order valence-corrected chi connectivity index (χ0v) is 12.6. The van der Waals surface area contributed by atoms with Gasteiger partial charge in [0.25, 0.3) is 0 Å². The Morgan fingerprint density at radius 3 is 2.47 bits per heavy atom. The van der Waals surface area contributed by atoms with Crippen molar-refractivity contribution in [1.82, 2.24) is 5.32 Å². The van der Waals surface area contributed by atoms with Crippen LogP contribution < -0.4 is 5.32 Å². The Hall–Kier alpha value is -0.0900. The number of rotatable bonds is 5. The fourth-order valence-corrected chi connectivity index (χ4v) is 2.98. The van der Waals surface area contributed by atoms with Crippen molar-refractivity contribution >= 4 is 22.6 Å². The topological polar surface area (TPSA) is 12.0 Å². The second-order valence-corrected chi connectivity index (χ2v) is 6.34. The molecule has 1 fully saturated rings. The Bertz CT molecular complexity index is 314. The average molecular weight is 343 g/mol. The highest BCUT2D eigenvalue weighted by molar-refractivity contribution is 14.1. The summed E-state index contributed by atoms with van der Waals surface area (Å²) in [5, 5.41) is 3.57. The summed E-state index contributed by atoms with van der Waals surface area (Å²) in [4.78, 5) is 0. The lowest BCUT2D eigenvalue weighted by molar-refractivity contribution is 0.334. The van der Waals surface area contributed by atoms with Gasteiger partial charge in [-0.05, 0) is 59.2 Å². The fraction of sp³-hybridized carbons (Fsp3) is 0.600. The predicted molar refractivity (Wildman–Crippen MR) is 82.1 cm³/mol. The Kier molecular flexibility index (Phi) is 5.78. The molecule has 2 rings (SSSR count). The minimum Gasteiger partial charge on any atom is -0.313 e. The zero-order valence-electron chi connectivity index (χ0n) is 10.4. The summed E-state index contributed by atoms with van der Waals surface area (Å²) < 4.78 is 1.31. The van der Waals surface area contributed by atoms with E-state index in [9.17, 15) is 0 Å². The van der Waals surface area contributed by atoms with Crippen LogP contribution in [0.15, 0.2) is 24.3 Å². The first-order valence-electron chi connectivity index (χ1n) is 6.80. The lowest BCUT2D eigenvalue weighted by atomic mass is 9.87. The quantitative estimate of drug-likeness (QED) is 0.619. The van der Waals surface area contributed by atoms with E-state index in [2.05, 4.69) is 52.2 Å². The van der Waals surface area contributed by atoms with Crippen molar-refractivity contribution in [2.45, 2.75) is 45.1 Å². The van der Waals surface area contributed by atoms with Crippen LogP contribution in [-0.4, -0.2) is 6.54 Å². The number of hydrogen-bond acceptors (Lipinski definition) is 1. The van der Waals surface area contributed by atoms with Gasteiger partial charge in [0.2, 0.25) is 0 Å². The van der Waals surface area contributed by atoms with Crippen molar-refractivity contribution in [3.05, 3.63) is 33.4 Å². The van der Waals surface area contributed by atoms with Crippen LogP contribution in [0.3, 0.4) is 0 Å². The smallest absolute Gasteiger partial charge is 0.0205 e. The summed E-state index contributed by atoms with van der Waals surface area (Å²) in [6, 6.07) is 8.79. The van der Waals surface area contributed by atoms with Crippen LogP contribution in [0, 0.1) is 9.49 Å². The van der Waals surface area contributed by atoms with Gasteiger partial charge in [0.1, 0.15) is 0 Å². The molecule has 0 radical (unpaired) electrons. The molecule has 0 heterocycles. The van der Waals surface area contributed by atoms with Gasteiger partial charge in [0, 0.05) is 10.1 Å². The van der Waals surface area contributed by atoms with Crippen molar-refractivity contribution < 1.29 is 0 Å². The zero-order chi connectivity index (χ0) is 11.9. The van der Waals surface area contributed by atoms with Gasteiger partial charge in [-0.3, -0.25) is 0 Å². The van der Waals surface area contributed by atoms with Crippen molar-refractivity contribution in [2.24, 2.45) is 5.92 Å². The van der Waals surface area contributed by atoms with Gasteiger partial charge in [-0.15, -0.1) is 0 Å². The molecule has 1 aliphatic carbocycles. The summed E-state index contributed by atoms with van der Waals surface area (Å²) >= 11 is 2.35. The molecular formula is C15H22IN. The third-order valence-corrected chi connectivity index (χ3v) is 4.42. The number of halogens is 1. The molecule has 0 atom stereocenters. The molecule has 0 aliphatic heterocycles. The standard InChI is InChI=1S/C15H22IN/c16-15-8-6-14(7-9-15)12-17-11-10-13-4-2-1-3-5-13/h6-9,13,17H,1-5,10-12H2. The van der Waals surface area contributed by atoms with Gasteiger partial charge < -0.3 is 5.32 Å². The summed E-state index contributed by atoms with van der Waals surface area (Å²) in [6.45, 7) is 2.19. The number of nitrogens with one attached hydrogen (secondary N) is 1. The Morgan fingerprint density at radius 2 is 1.76 bits per heavy atom. The van der Waals surface area contributed by atoms with Gasteiger partial charge in [-0.2, -0.15) is 0 Å². The fourth-order valence-electron chi connectivity index (χ4n) is 2.62.